The van der Waals surface area contributed by atoms with Crippen molar-refractivity contribution in [1.82, 2.24) is 0 Å². The molecule has 0 saturated carbocycles. The van der Waals surface area contributed by atoms with Gasteiger partial charge in [0.1, 0.15) is 0 Å². The Bertz CT molecular complexity index is 1210. The third kappa shape index (κ3) is 4.60. The van der Waals surface area contributed by atoms with E-state index < -0.39 is 11.9 Å². The van der Waals surface area contributed by atoms with Gasteiger partial charge in [-0.05, 0) is 88.2 Å². The van der Waals surface area contributed by atoms with Gasteiger partial charge in [0.2, 0.25) is 0 Å². The average Bonchev–Trinajstić information content (AvgIpc) is 2.65. The minimum absolute atomic E-state index is 0.0787. The van der Waals surface area contributed by atoms with Crippen LogP contribution in [0.5, 0.6) is 0 Å². The molecule has 6 heteroatoms. The number of benzene rings is 3. The first-order valence-electron chi connectivity index (χ1n) is 9.61. The minimum Gasteiger partial charge on any atom is -0.478 e. The molecule has 0 fully saturated rings. The average molecular weight is 457 g/mol. The molecule has 0 atom stereocenters. The SMILES string of the molecule is Cc1cc(C(C)(C)C)cc(-c2cc(Cl)ccc2C(=O)O)c1-c1cc(Cl)ccc1C(=O)O. The molecule has 2 N–H and O–H groups in total. The molecule has 3 aromatic rings. The zero-order valence-corrected chi connectivity index (χ0v) is 19.1. The second-order valence-corrected chi connectivity index (χ2v) is 9.33. The number of carboxylic acid groups (broad SMARTS) is 2. The van der Waals surface area contributed by atoms with Crippen molar-refractivity contribution >= 4 is 35.1 Å². The fraction of sp³-hybridized carbons (Fsp3) is 0.200. The normalized spacial score (nSPS) is 11.4. The molecule has 3 aromatic carbocycles. The number of aromatic carboxylic acids is 2. The van der Waals surface area contributed by atoms with Gasteiger partial charge in [-0.2, -0.15) is 0 Å². The van der Waals surface area contributed by atoms with Gasteiger partial charge in [-0.1, -0.05) is 50.0 Å². The third-order valence-corrected chi connectivity index (χ3v) is 5.66. The van der Waals surface area contributed by atoms with Crippen LogP contribution in [0.1, 0.15) is 52.6 Å². The van der Waals surface area contributed by atoms with Crippen molar-refractivity contribution in [3.05, 3.63) is 80.8 Å². The van der Waals surface area contributed by atoms with Crippen LogP contribution in [-0.2, 0) is 5.41 Å². The lowest BCUT2D eigenvalue weighted by molar-refractivity contribution is 0.0686. The Morgan fingerprint density at radius 1 is 0.742 bits per heavy atom. The molecule has 0 unspecified atom stereocenters. The lowest BCUT2D eigenvalue weighted by atomic mass is 9.79. The molecule has 0 bridgehead atoms. The zero-order valence-electron chi connectivity index (χ0n) is 17.6. The quantitative estimate of drug-likeness (QED) is 0.430. The number of carbonyl (C=O) groups is 2. The van der Waals surface area contributed by atoms with E-state index in [1.54, 1.807) is 12.1 Å². The van der Waals surface area contributed by atoms with E-state index in [9.17, 15) is 19.8 Å². The summed E-state index contributed by atoms with van der Waals surface area (Å²) in [5.41, 5.74) is 3.77. The molecular weight excluding hydrogens is 435 g/mol. The highest BCUT2D eigenvalue weighted by Gasteiger charge is 2.24. The van der Waals surface area contributed by atoms with Crippen molar-refractivity contribution in [1.29, 1.82) is 0 Å². The topological polar surface area (TPSA) is 74.6 Å². The van der Waals surface area contributed by atoms with Crippen molar-refractivity contribution in [2.75, 3.05) is 0 Å². The van der Waals surface area contributed by atoms with Gasteiger partial charge in [0.05, 0.1) is 11.1 Å². The van der Waals surface area contributed by atoms with Crippen LogP contribution in [0.25, 0.3) is 22.3 Å². The second-order valence-electron chi connectivity index (χ2n) is 8.46. The molecule has 0 aliphatic carbocycles. The summed E-state index contributed by atoms with van der Waals surface area (Å²) in [6.07, 6.45) is 0. The van der Waals surface area contributed by atoms with Gasteiger partial charge in [-0.3, -0.25) is 0 Å². The summed E-state index contributed by atoms with van der Waals surface area (Å²) in [5, 5.41) is 20.4. The second kappa shape index (κ2) is 8.37. The predicted molar refractivity (Wildman–Crippen MR) is 125 cm³/mol. The van der Waals surface area contributed by atoms with Gasteiger partial charge in [-0.25, -0.2) is 9.59 Å². The summed E-state index contributed by atoms with van der Waals surface area (Å²) in [4.78, 5) is 24.0. The number of hydrogen-bond donors (Lipinski definition) is 2. The fourth-order valence-corrected chi connectivity index (χ4v) is 3.97. The first kappa shape index (κ1) is 22.9. The van der Waals surface area contributed by atoms with Crippen LogP contribution in [-0.4, -0.2) is 22.2 Å². The number of hydrogen-bond acceptors (Lipinski definition) is 2. The minimum atomic E-state index is -1.10. The molecule has 160 valence electrons. The van der Waals surface area contributed by atoms with Crippen LogP contribution in [0.2, 0.25) is 10.0 Å². The summed E-state index contributed by atoms with van der Waals surface area (Å²) in [6, 6.07) is 13.1. The summed E-state index contributed by atoms with van der Waals surface area (Å²) < 4.78 is 0. The standard InChI is InChI=1S/C25H22Cl2O4/c1-13-9-14(25(2,3)4)10-20(19-11-15(26)5-7-17(19)23(28)29)22(13)21-12-16(27)6-8-18(21)24(30)31/h5-12H,1-4H3,(H,28,29)(H,30,31). The first-order chi connectivity index (χ1) is 14.4. The predicted octanol–water partition coefficient (Wildman–Crippen LogP) is 7.33. The molecule has 0 spiro atoms. The third-order valence-electron chi connectivity index (χ3n) is 5.19. The number of rotatable bonds is 4. The maximum Gasteiger partial charge on any atom is 0.336 e. The Morgan fingerprint density at radius 3 is 1.71 bits per heavy atom. The van der Waals surface area contributed by atoms with Crippen molar-refractivity contribution in [2.45, 2.75) is 33.1 Å². The molecule has 0 aliphatic heterocycles. The smallest absolute Gasteiger partial charge is 0.336 e. The summed E-state index contributed by atoms with van der Waals surface area (Å²) in [6.45, 7) is 8.06. The molecule has 0 radical (unpaired) electrons. The van der Waals surface area contributed by atoms with Crippen LogP contribution < -0.4 is 0 Å². The lowest BCUT2D eigenvalue weighted by Gasteiger charge is -2.25. The van der Waals surface area contributed by atoms with Crippen LogP contribution in [0.15, 0.2) is 48.5 Å². The summed E-state index contributed by atoms with van der Waals surface area (Å²) in [7, 11) is 0. The molecule has 0 aromatic heterocycles. The van der Waals surface area contributed by atoms with Gasteiger partial charge in [-0.15, -0.1) is 0 Å². The molecule has 0 aliphatic rings. The molecule has 0 heterocycles. The van der Waals surface area contributed by atoms with Crippen LogP contribution >= 0.6 is 23.2 Å². The Kier molecular flexibility index (Phi) is 6.17. The molecule has 3 rings (SSSR count). The summed E-state index contributed by atoms with van der Waals surface area (Å²) in [5.74, 6) is -2.19. The number of halogens is 2. The van der Waals surface area contributed by atoms with E-state index >= 15 is 0 Å². The van der Waals surface area contributed by atoms with Crippen LogP contribution in [0.3, 0.4) is 0 Å². The van der Waals surface area contributed by atoms with E-state index in [0.717, 1.165) is 11.1 Å². The highest BCUT2D eigenvalue weighted by molar-refractivity contribution is 6.31. The van der Waals surface area contributed by atoms with Crippen molar-refractivity contribution < 1.29 is 19.8 Å². The number of carboxylic acids is 2. The van der Waals surface area contributed by atoms with Crippen molar-refractivity contribution in [2.24, 2.45) is 0 Å². The molecule has 0 amide bonds. The van der Waals surface area contributed by atoms with Crippen LogP contribution in [0.4, 0.5) is 0 Å². The molecule has 0 saturated heterocycles. The van der Waals surface area contributed by atoms with Gasteiger partial charge >= 0.3 is 11.9 Å². The maximum absolute atomic E-state index is 12.0. The van der Waals surface area contributed by atoms with E-state index in [1.165, 1.54) is 24.3 Å². The summed E-state index contributed by atoms with van der Waals surface area (Å²) >= 11 is 12.5. The van der Waals surface area contributed by atoms with E-state index in [4.69, 9.17) is 23.2 Å². The molecule has 4 nitrogen and oxygen atoms in total. The van der Waals surface area contributed by atoms with E-state index in [2.05, 4.69) is 20.8 Å². The lowest BCUT2D eigenvalue weighted by Crippen LogP contribution is -2.13. The van der Waals surface area contributed by atoms with Crippen LogP contribution in [0, 0.1) is 6.92 Å². The van der Waals surface area contributed by atoms with Gasteiger partial charge in [0.15, 0.2) is 0 Å². The Hall–Kier alpha value is -2.82. The van der Waals surface area contributed by atoms with Crippen molar-refractivity contribution in [3.63, 3.8) is 0 Å². The monoisotopic (exact) mass is 456 g/mol. The van der Waals surface area contributed by atoms with Gasteiger partial charge in [0.25, 0.3) is 0 Å². The Balaban J connectivity index is 2.52. The highest BCUT2D eigenvalue weighted by atomic mass is 35.5. The largest absolute Gasteiger partial charge is 0.478 e. The first-order valence-corrected chi connectivity index (χ1v) is 10.4. The van der Waals surface area contributed by atoms with E-state index in [0.29, 0.717) is 32.3 Å². The Labute approximate surface area is 191 Å². The number of aryl methyl sites for hydroxylation is 1. The highest BCUT2D eigenvalue weighted by Crippen LogP contribution is 2.42. The van der Waals surface area contributed by atoms with E-state index in [-0.39, 0.29) is 16.5 Å². The van der Waals surface area contributed by atoms with Crippen molar-refractivity contribution in [3.8, 4) is 22.3 Å². The zero-order chi connectivity index (χ0) is 23.1. The fourth-order valence-electron chi connectivity index (χ4n) is 3.63. The Morgan fingerprint density at radius 2 is 1.23 bits per heavy atom. The molecular formula is C25H22Cl2O4. The maximum atomic E-state index is 12.0. The van der Waals surface area contributed by atoms with E-state index in [1.807, 2.05) is 19.1 Å². The van der Waals surface area contributed by atoms with Gasteiger partial charge in [0, 0.05) is 10.0 Å². The van der Waals surface area contributed by atoms with Gasteiger partial charge < -0.3 is 10.2 Å². The molecule has 31 heavy (non-hydrogen) atoms.